The number of aryl methyl sites for hydroxylation is 3. The minimum atomic E-state index is -0.753. The standard InChI is InChI=1S/C20H29N3O5/c1-13-11-16-17(12-14(13)2)23(7-5-15(25)6-9-24)19(26)18(21-16)20(27)28-10-8-22(3)4/h11-12,15,24-25H,5-10H2,1-4H3. The van der Waals surface area contributed by atoms with Gasteiger partial charge in [0.1, 0.15) is 6.61 Å². The Morgan fingerprint density at radius 3 is 2.57 bits per heavy atom. The van der Waals surface area contributed by atoms with Gasteiger partial charge in [0.25, 0.3) is 5.56 Å². The predicted octanol–water partition coefficient (Wildman–Crippen LogP) is 0.865. The zero-order chi connectivity index (χ0) is 20.8. The number of nitrogens with zero attached hydrogens (tertiary/aromatic N) is 3. The first-order valence-corrected chi connectivity index (χ1v) is 9.37. The molecule has 0 aliphatic heterocycles. The number of hydrogen-bond acceptors (Lipinski definition) is 7. The third-order valence-electron chi connectivity index (χ3n) is 4.67. The van der Waals surface area contributed by atoms with Crippen LogP contribution in [0.5, 0.6) is 0 Å². The normalized spacial score (nSPS) is 12.5. The average molecular weight is 391 g/mol. The SMILES string of the molecule is Cc1cc2nc(C(=O)OCCN(C)C)c(=O)n(CCC(O)CCO)c2cc1C. The molecule has 2 N–H and O–H groups in total. The highest BCUT2D eigenvalue weighted by Crippen LogP contribution is 2.18. The van der Waals surface area contributed by atoms with Crippen LogP contribution in [0, 0.1) is 13.8 Å². The van der Waals surface area contributed by atoms with Crippen LogP contribution in [0.25, 0.3) is 11.0 Å². The number of aliphatic hydroxyl groups is 2. The highest BCUT2D eigenvalue weighted by atomic mass is 16.5. The maximum Gasteiger partial charge on any atom is 0.362 e. The van der Waals surface area contributed by atoms with Gasteiger partial charge in [-0.1, -0.05) is 0 Å². The number of ether oxygens (including phenoxy) is 1. The number of rotatable bonds is 9. The van der Waals surface area contributed by atoms with E-state index in [9.17, 15) is 14.7 Å². The Labute approximate surface area is 164 Å². The number of esters is 1. The van der Waals surface area contributed by atoms with Crippen molar-refractivity contribution in [3.63, 3.8) is 0 Å². The zero-order valence-electron chi connectivity index (χ0n) is 16.9. The first-order valence-electron chi connectivity index (χ1n) is 9.37. The lowest BCUT2D eigenvalue weighted by molar-refractivity contribution is 0.0472. The van der Waals surface area contributed by atoms with E-state index in [1.165, 1.54) is 4.57 Å². The van der Waals surface area contributed by atoms with Gasteiger partial charge < -0.3 is 24.4 Å². The van der Waals surface area contributed by atoms with Crippen LogP contribution in [0.15, 0.2) is 16.9 Å². The summed E-state index contributed by atoms with van der Waals surface area (Å²) >= 11 is 0. The molecule has 2 aromatic rings. The molecule has 0 amide bonds. The van der Waals surface area contributed by atoms with E-state index in [2.05, 4.69) is 4.98 Å². The molecule has 28 heavy (non-hydrogen) atoms. The monoisotopic (exact) mass is 391 g/mol. The van der Waals surface area contributed by atoms with Crippen molar-refractivity contribution in [1.82, 2.24) is 14.5 Å². The highest BCUT2D eigenvalue weighted by Gasteiger charge is 2.20. The van der Waals surface area contributed by atoms with Gasteiger partial charge in [-0.15, -0.1) is 0 Å². The molecular formula is C20H29N3O5. The molecule has 8 heteroatoms. The molecular weight excluding hydrogens is 362 g/mol. The summed E-state index contributed by atoms with van der Waals surface area (Å²) in [6.07, 6.45) is -0.223. The summed E-state index contributed by atoms with van der Waals surface area (Å²) in [5.74, 6) is -0.753. The fourth-order valence-electron chi connectivity index (χ4n) is 2.81. The van der Waals surface area contributed by atoms with Crippen molar-refractivity contribution in [2.75, 3.05) is 33.9 Å². The Bertz CT molecular complexity index is 892. The molecule has 1 unspecified atom stereocenters. The Kier molecular flexibility index (Phi) is 7.68. The lowest BCUT2D eigenvalue weighted by Crippen LogP contribution is -2.31. The van der Waals surface area contributed by atoms with Crippen LogP contribution in [-0.4, -0.2) is 70.6 Å². The Morgan fingerprint density at radius 1 is 1.25 bits per heavy atom. The number of aromatic nitrogens is 2. The summed E-state index contributed by atoms with van der Waals surface area (Å²) in [6.45, 7) is 4.65. The van der Waals surface area contributed by atoms with Gasteiger partial charge >= 0.3 is 5.97 Å². The topological polar surface area (TPSA) is 105 Å². The third-order valence-corrected chi connectivity index (χ3v) is 4.67. The number of aliphatic hydroxyl groups excluding tert-OH is 2. The molecule has 1 heterocycles. The molecule has 0 fully saturated rings. The van der Waals surface area contributed by atoms with E-state index in [-0.39, 0.29) is 38.3 Å². The van der Waals surface area contributed by atoms with E-state index >= 15 is 0 Å². The zero-order valence-corrected chi connectivity index (χ0v) is 16.9. The molecule has 0 bridgehead atoms. The fraction of sp³-hybridized carbons (Fsp3) is 0.550. The maximum atomic E-state index is 12.9. The maximum absolute atomic E-state index is 12.9. The molecule has 1 aromatic heterocycles. The fourth-order valence-corrected chi connectivity index (χ4v) is 2.81. The molecule has 0 saturated heterocycles. The number of benzene rings is 1. The Morgan fingerprint density at radius 2 is 1.93 bits per heavy atom. The minimum Gasteiger partial charge on any atom is -0.459 e. The van der Waals surface area contributed by atoms with E-state index in [1.807, 2.05) is 45.0 Å². The van der Waals surface area contributed by atoms with E-state index < -0.39 is 17.6 Å². The lowest BCUT2D eigenvalue weighted by Gasteiger charge is -2.16. The smallest absolute Gasteiger partial charge is 0.362 e. The van der Waals surface area contributed by atoms with Gasteiger partial charge in [0, 0.05) is 19.7 Å². The molecule has 0 aliphatic rings. The Hall–Kier alpha value is -2.29. The summed E-state index contributed by atoms with van der Waals surface area (Å²) in [5.41, 5.74) is 2.33. The number of carbonyl (C=O) groups excluding carboxylic acids is 1. The molecule has 1 aromatic carbocycles. The van der Waals surface area contributed by atoms with Crippen LogP contribution < -0.4 is 5.56 Å². The largest absolute Gasteiger partial charge is 0.459 e. The van der Waals surface area contributed by atoms with Crippen molar-refractivity contribution in [2.45, 2.75) is 39.3 Å². The lowest BCUT2D eigenvalue weighted by atomic mass is 10.1. The third kappa shape index (κ3) is 5.37. The number of hydrogen-bond donors (Lipinski definition) is 2. The summed E-state index contributed by atoms with van der Waals surface area (Å²) in [7, 11) is 3.72. The van der Waals surface area contributed by atoms with Gasteiger partial charge in [0.2, 0.25) is 5.69 Å². The van der Waals surface area contributed by atoms with Gasteiger partial charge in [-0.2, -0.15) is 0 Å². The molecule has 0 radical (unpaired) electrons. The van der Waals surface area contributed by atoms with Crippen LogP contribution in [0.2, 0.25) is 0 Å². The van der Waals surface area contributed by atoms with E-state index in [0.29, 0.717) is 17.6 Å². The van der Waals surface area contributed by atoms with Crippen LogP contribution in [0.1, 0.15) is 34.5 Å². The number of carbonyl (C=O) groups is 1. The molecule has 2 rings (SSSR count). The van der Waals surface area contributed by atoms with Crippen LogP contribution in [0.4, 0.5) is 0 Å². The van der Waals surface area contributed by atoms with Crippen molar-refractivity contribution < 1.29 is 19.7 Å². The number of likely N-dealkylation sites (N-methyl/N-ethyl adjacent to an activating group) is 1. The van der Waals surface area contributed by atoms with Crippen molar-refractivity contribution >= 4 is 17.0 Å². The summed E-state index contributed by atoms with van der Waals surface area (Å²) in [4.78, 5) is 31.5. The second-order valence-corrected chi connectivity index (χ2v) is 7.24. The highest BCUT2D eigenvalue weighted by molar-refractivity contribution is 5.89. The molecule has 0 spiro atoms. The van der Waals surface area contributed by atoms with E-state index in [1.54, 1.807) is 0 Å². The van der Waals surface area contributed by atoms with Crippen LogP contribution in [0.3, 0.4) is 0 Å². The molecule has 154 valence electrons. The molecule has 0 saturated carbocycles. The van der Waals surface area contributed by atoms with Gasteiger partial charge in [-0.3, -0.25) is 4.79 Å². The van der Waals surface area contributed by atoms with Crippen molar-refractivity contribution in [3.8, 4) is 0 Å². The van der Waals surface area contributed by atoms with Crippen LogP contribution >= 0.6 is 0 Å². The van der Waals surface area contributed by atoms with E-state index in [0.717, 1.165) is 11.1 Å². The Balaban J connectivity index is 2.45. The second kappa shape index (κ2) is 9.77. The summed E-state index contributed by atoms with van der Waals surface area (Å²) < 4.78 is 6.66. The molecule has 8 nitrogen and oxygen atoms in total. The van der Waals surface area contributed by atoms with Crippen molar-refractivity contribution in [3.05, 3.63) is 39.3 Å². The van der Waals surface area contributed by atoms with Gasteiger partial charge in [-0.25, -0.2) is 9.78 Å². The summed E-state index contributed by atoms with van der Waals surface area (Å²) in [6, 6.07) is 3.69. The average Bonchev–Trinajstić information content (AvgIpc) is 2.62. The van der Waals surface area contributed by atoms with Crippen molar-refractivity contribution in [2.24, 2.45) is 0 Å². The molecule has 1 atom stereocenters. The quantitative estimate of drug-likeness (QED) is 0.611. The minimum absolute atomic E-state index is 0.130. The van der Waals surface area contributed by atoms with Gasteiger partial charge in [-0.05, 0) is 64.0 Å². The summed E-state index contributed by atoms with van der Waals surface area (Å²) in [5, 5.41) is 18.9. The second-order valence-electron chi connectivity index (χ2n) is 7.24. The first-order chi connectivity index (χ1) is 13.2. The van der Waals surface area contributed by atoms with Gasteiger partial charge in [0.05, 0.1) is 17.1 Å². The van der Waals surface area contributed by atoms with Gasteiger partial charge in [0.15, 0.2) is 0 Å². The number of fused-ring (bicyclic) bond motifs is 1. The molecule has 0 aliphatic carbocycles. The predicted molar refractivity (Wildman–Crippen MR) is 107 cm³/mol. The van der Waals surface area contributed by atoms with Crippen molar-refractivity contribution in [1.29, 1.82) is 0 Å². The van der Waals surface area contributed by atoms with Crippen LogP contribution in [-0.2, 0) is 11.3 Å². The van der Waals surface area contributed by atoms with E-state index in [4.69, 9.17) is 9.84 Å². The first kappa shape index (κ1) is 22.0.